The summed E-state index contributed by atoms with van der Waals surface area (Å²) >= 11 is 0. The number of carbonyl (C=O) groups is 2. The third kappa shape index (κ3) is 11.0. The highest BCUT2D eigenvalue weighted by atomic mass is 16.4. The molecular formula is C11H22N2O3. The maximum absolute atomic E-state index is 11.2. The fourth-order valence-corrected chi connectivity index (χ4v) is 1.23. The number of unbranched alkanes of at least 4 members (excludes halogenated alkanes) is 2. The van der Waals surface area contributed by atoms with Gasteiger partial charge in [-0.05, 0) is 19.4 Å². The van der Waals surface area contributed by atoms with Gasteiger partial charge in [0.1, 0.15) is 0 Å². The van der Waals surface area contributed by atoms with Crippen LogP contribution in [0.15, 0.2) is 0 Å². The highest BCUT2D eigenvalue weighted by Crippen LogP contribution is 1.90. The van der Waals surface area contributed by atoms with E-state index in [4.69, 9.17) is 5.11 Å². The van der Waals surface area contributed by atoms with E-state index >= 15 is 0 Å². The van der Waals surface area contributed by atoms with Crippen LogP contribution in [0.1, 0.15) is 39.0 Å². The molecule has 5 nitrogen and oxygen atoms in total. The number of carbonyl (C=O) groups excluding carboxylic acids is 1. The fraction of sp³-hybridized carbons (Fsp3) is 0.818. The molecule has 0 aromatic carbocycles. The lowest BCUT2D eigenvalue weighted by Crippen LogP contribution is -2.34. The Hall–Kier alpha value is -1.10. The van der Waals surface area contributed by atoms with Crippen molar-refractivity contribution < 1.29 is 14.7 Å². The van der Waals surface area contributed by atoms with E-state index in [0.717, 1.165) is 25.8 Å². The highest BCUT2D eigenvalue weighted by Gasteiger charge is 2.00. The first-order valence-corrected chi connectivity index (χ1v) is 5.86. The molecule has 0 aromatic rings. The van der Waals surface area contributed by atoms with Crippen LogP contribution in [0.25, 0.3) is 0 Å². The van der Waals surface area contributed by atoms with E-state index in [1.54, 1.807) is 0 Å². The molecule has 3 N–H and O–H groups in total. The first kappa shape index (κ1) is 14.9. The van der Waals surface area contributed by atoms with Crippen LogP contribution in [0.2, 0.25) is 0 Å². The molecule has 0 heterocycles. The summed E-state index contributed by atoms with van der Waals surface area (Å²) in [6, 6.07) is 0. The predicted molar refractivity (Wildman–Crippen MR) is 62.3 cm³/mol. The summed E-state index contributed by atoms with van der Waals surface area (Å²) in [7, 11) is 0. The van der Waals surface area contributed by atoms with Gasteiger partial charge in [-0.3, -0.25) is 9.59 Å². The molecule has 0 aromatic heterocycles. The van der Waals surface area contributed by atoms with Crippen LogP contribution in [-0.4, -0.2) is 36.6 Å². The van der Waals surface area contributed by atoms with Gasteiger partial charge in [-0.1, -0.05) is 19.8 Å². The first-order chi connectivity index (χ1) is 7.66. The molecule has 5 heteroatoms. The lowest BCUT2D eigenvalue weighted by atomic mass is 10.2. The minimum atomic E-state index is -0.800. The monoisotopic (exact) mass is 230 g/mol. The number of amides is 1. The summed E-state index contributed by atoms with van der Waals surface area (Å²) in [6.45, 7) is 3.68. The van der Waals surface area contributed by atoms with Gasteiger partial charge in [-0.15, -0.1) is 0 Å². The molecule has 1 amide bonds. The molecule has 0 spiro atoms. The van der Waals surface area contributed by atoms with Crippen LogP contribution in [-0.2, 0) is 9.59 Å². The Kier molecular flexibility index (Phi) is 9.70. The van der Waals surface area contributed by atoms with Crippen LogP contribution in [0.5, 0.6) is 0 Å². The standard InChI is InChI=1S/C11H22N2O3/c1-2-3-4-8-13-10(14)9-12-7-5-6-11(15)16/h12H,2-9H2,1H3,(H,13,14)(H,15,16). The second-order valence-corrected chi connectivity index (χ2v) is 3.73. The van der Waals surface area contributed by atoms with Crippen LogP contribution in [0, 0.1) is 0 Å². The molecule has 0 saturated carbocycles. The summed E-state index contributed by atoms with van der Waals surface area (Å²) in [5.41, 5.74) is 0. The van der Waals surface area contributed by atoms with E-state index in [1.807, 2.05) is 0 Å². The van der Waals surface area contributed by atoms with Crippen molar-refractivity contribution in [1.82, 2.24) is 10.6 Å². The van der Waals surface area contributed by atoms with Crippen LogP contribution < -0.4 is 10.6 Å². The minimum Gasteiger partial charge on any atom is -0.481 e. The number of hydrogen-bond acceptors (Lipinski definition) is 3. The fourth-order valence-electron chi connectivity index (χ4n) is 1.23. The van der Waals surface area contributed by atoms with Gasteiger partial charge in [0.15, 0.2) is 0 Å². The maximum atomic E-state index is 11.2. The van der Waals surface area contributed by atoms with Crippen molar-refractivity contribution >= 4 is 11.9 Å². The van der Waals surface area contributed by atoms with Gasteiger partial charge in [0.2, 0.25) is 5.91 Å². The zero-order chi connectivity index (χ0) is 12.2. The van der Waals surface area contributed by atoms with Crippen molar-refractivity contribution in [2.75, 3.05) is 19.6 Å². The Balaban J connectivity index is 3.20. The Bertz CT molecular complexity index is 207. The van der Waals surface area contributed by atoms with E-state index in [1.165, 1.54) is 0 Å². The maximum Gasteiger partial charge on any atom is 0.303 e. The SMILES string of the molecule is CCCCCNC(=O)CNCCCC(=O)O. The zero-order valence-corrected chi connectivity index (χ0v) is 9.92. The molecule has 0 saturated heterocycles. The van der Waals surface area contributed by atoms with Crippen molar-refractivity contribution in [3.8, 4) is 0 Å². The van der Waals surface area contributed by atoms with Crippen molar-refractivity contribution in [3.05, 3.63) is 0 Å². The molecule has 0 aliphatic carbocycles. The first-order valence-electron chi connectivity index (χ1n) is 5.86. The van der Waals surface area contributed by atoms with Gasteiger partial charge >= 0.3 is 5.97 Å². The van der Waals surface area contributed by atoms with E-state index in [0.29, 0.717) is 13.0 Å². The molecule has 16 heavy (non-hydrogen) atoms. The van der Waals surface area contributed by atoms with Gasteiger partial charge in [-0.25, -0.2) is 0 Å². The molecule has 0 aliphatic rings. The zero-order valence-electron chi connectivity index (χ0n) is 9.92. The molecule has 94 valence electrons. The average Bonchev–Trinajstić information content (AvgIpc) is 2.23. The Labute approximate surface area is 96.6 Å². The molecular weight excluding hydrogens is 208 g/mol. The molecule has 0 aliphatic heterocycles. The summed E-state index contributed by atoms with van der Waals surface area (Å²) in [5, 5.41) is 14.1. The number of nitrogens with one attached hydrogen (secondary N) is 2. The number of rotatable bonds is 10. The van der Waals surface area contributed by atoms with Crippen LogP contribution >= 0.6 is 0 Å². The molecule has 0 rings (SSSR count). The van der Waals surface area contributed by atoms with E-state index in [2.05, 4.69) is 17.6 Å². The van der Waals surface area contributed by atoms with Gasteiger partial charge in [0.05, 0.1) is 6.54 Å². The molecule has 0 bridgehead atoms. The lowest BCUT2D eigenvalue weighted by Gasteiger charge is -2.05. The largest absolute Gasteiger partial charge is 0.481 e. The second-order valence-electron chi connectivity index (χ2n) is 3.73. The van der Waals surface area contributed by atoms with Gasteiger partial charge in [0.25, 0.3) is 0 Å². The molecule has 0 atom stereocenters. The lowest BCUT2D eigenvalue weighted by molar-refractivity contribution is -0.137. The van der Waals surface area contributed by atoms with Crippen molar-refractivity contribution in [2.24, 2.45) is 0 Å². The average molecular weight is 230 g/mol. The highest BCUT2D eigenvalue weighted by molar-refractivity contribution is 5.77. The smallest absolute Gasteiger partial charge is 0.303 e. The number of carboxylic acids is 1. The topological polar surface area (TPSA) is 78.4 Å². The predicted octanol–water partition coefficient (Wildman–Crippen LogP) is 0.747. The Morgan fingerprint density at radius 2 is 1.88 bits per heavy atom. The molecule has 0 fully saturated rings. The van der Waals surface area contributed by atoms with Crippen molar-refractivity contribution in [1.29, 1.82) is 0 Å². The third-order valence-corrected chi connectivity index (χ3v) is 2.13. The third-order valence-electron chi connectivity index (χ3n) is 2.13. The van der Waals surface area contributed by atoms with Gasteiger partial charge in [0, 0.05) is 13.0 Å². The van der Waals surface area contributed by atoms with Crippen LogP contribution in [0.4, 0.5) is 0 Å². The van der Waals surface area contributed by atoms with Gasteiger partial charge < -0.3 is 15.7 Å². The summed E-state index contributed by atoms with van der Waals surface area (Å²) in [6.07, 6.45) is 3.99. The van der Waals surface area contributed by atoms with E-state index in [-0.39, 0.29) is 18.9 Å². The van der Waals surface area contributed by atoms with Crippen LogP contribution in [0.3, 0.4) is 0 Å². The summed E-state index contributed by atoms with van der Waals surface area (Å²) < 4.78 is 0. The normalized spacial score (nSPS) is 10.1. The Morgan fingerprint density at radius 3 is 2.50 bits per heavy atom. The molecule has 0 radical (unpaired) electrons. The number of carboxylic acid groups (broad SMARTS) is 1. The summed E-state index contributed by atoms with van der Waals surface area (Å²) in [5.74, 6) is -0.822. The molecule has 0 unspecified atom stereocenters. The van der Waals surface area contributed by atoms with Gasteiger partial charge in [-0.2, -0.15) is 0 Å². The van der Waals surface area contributed by atoms with E-state index in [9.17, 15) is 9.59 Å². The number of hydrogen-bond donors (Lipinski definition) is 3. The van der Waals surface area contributed by atoms with Crippen molar-refractivity contribution in [3.63, 3.8) is 0 Å². The number of aliphatic carboxylic acids is 1. The quantitative estimate of drug-likeness (QED) is 0.484. The second kappa shape index (κ2) is 10.4. The van der Waals surface area contributed by atoms with E-state index < -0.39 is 5.97 Å². The summed E-state index contributed by atoms with van der Waals surface area (Å²) in [4.78, 5) is 21.4. The Morgan fingerprint density at radius 1 is 1.12 bits per heavy atom. The van der Waals surface area contributed by atoms with Crippen molar-refractivity contribution in [2.45, 2.75) is 39.0 Å². The minimum absolute atomic E-state index is 0.0218.